The first kappa shape index (κ1) is 24.2. The third-order valence-electron chi connectivity index (χ3n) is 7.36. The van der Waals surface area contributed by atoms with Crippen LogP contribution in [0.2, 0.25) is 5.02 Å². The molecule has 2 fully saturated rings. The highest BCUT2D eigenvalue weighted by molar-refractivity contribution is 6.30. The number of hydrogen-bond donors (Lipinski definition) is 2. The van der Waals surface area contributed by atoms with E-state index in [1.807, 2.05) is 70.6 Å². The number of anilines is 3. The third-order valence-corrected chi connectivity index (χ3v) is 7.61. The Balaban J connectivity index is 1.24. The van der Waals surface area contributed by atoms with Gasteiger partial charge in [0, 0.05) is 67.3 Å². The predicted octanol–water partition coefficient (Wildman–Crippen LogP) is 3.99. The molecule has 0 aliphatic carbocycles. The van der Waals surface area contributed by atoms with Crippen LogP contribution in [0.5, 0.6) is 0 Å². The highest BCUT2D eigenvalue weighted by Crippen LogP contribution is 2.36. The molecular formula is C28H28ClN7O2. The largest absolute Gasteiger partial charge is 0.365 e. The lowest BCUT2D eigenvalue weighted by Crippen LogP contribution is -2.48. The van der Waals surface area contributed by atoms with Gasteiger partial charge in [0.15, 0.2) is 0 Å². The van der Waals surface area contributed by atoms with Crippen molar-refractivity contribution in [2.45, 2.75) is 25.4 Å². The average molecular weight is 530 g/mol. The van der Waals surface area contributed by atoms with Gasteiger partial charge in [0.05, 0.1) is 11.4 Å². The van der Waals surface area contributed by atoms with Crippen molar-refractivity contribution in [3.8, 4) is 0 Å². The van der Waals surface area contributed by atoms with Crippen LogP contribution in [0, 0.1) is 0 Å². The first-order valence-electron chi connectivity index (χ1n) is 12.7. The van der Waals surface area contributed by atoms with E-state index in [0.29, 0.717) is 37.1 Å². The number of aromatic nitrogens is 3. The Morgan fingerprint density at radius 2 is 1.95 bits per heavy atom. The average Bonchev–Trinajstić information content (AvgIpc) is 3.67. The summed E-state index contributed by atoms with van der Waals surface area (Å²) < 4.78 is 0. The summed E-state index contributed by atoms with van der Waals surface area (Å²) in [6, 6.07) is 18.0. The number of H-pyrrole nitrogens is 1. The number of nitrogens with one attached hydrogen (secondary N) is 2. The van der Waals surface area contributed by atoms with E-state index in [9.17, 15) is 9.59 Å². The summed E-state index contributed by atoms with van der Waals surface area (Å²) in [6.07, 6.45) is 4.30. The summed E-state index contributed by atoms with van der Waals surface area (Å²) in [6.45, 7) is 3.92. The Hall–Kier alpha value is -4.11. The molecule has 2 saturated heterocycles. The minimum absolute atomic E-state index is 0.0337. The van der Waals surface area contributed by atoms with Gasteiger partial charge in [-0.1, -0.05) is 17.7 Å². The van der Waals surface area contributed by atoms with Gasteiger partial charge >= 0.3 is 0 Å². The van der Waals surface area contributed by atoms with Gasteiger partial charge in [-0.25, -0.2) is 9.97 Å². The van der Waals surface area contributed by atoms with Crippen LogP contribution in [-0.2, 0) is 4.79 Å². The van der Waals surface area contributed by atoms with Crippen molar-refractivity contribution in [1.82, 2.24) is 25.2 Å². The standard InChI is InChI=1S/C28H28ClN7O2/c1-18(37)30-11-12-34(27-25-9-10-31-26(25)32-17-33-27)22-4-2-3-19(13-22)28(38)36-16-23-14-24(36)15-35(23)21-7-5-20(29)6-8-21/h2-10,13,17,23-24H,11-12,14-16H2,1H3,(H,30,37)(H,31,32,33). The topological polar surface area (TPSA) is 97.5 Å². The number of hydrogen-bond acceptors (Lipinski definition) is 6. The summed E-state index contributed by atoms with van der Waals surface area (Å²) in [4.78, 5) is 43.6. The molecule has 6 rings (SSSR count). The summed E-state index contributed by atoms with van der Waals surface area (Å²) in [5.74, 6) is 0.650. The summed E-state index contributed by atoms with van der Waals surface area (Å²) >= 11 is 6.07. The predicted molar refractivity (Wildman–Crippen MR) is 148 cm³/mol. The van der Waals surface area contributed by atoms with Gasteiger partial charge in [0.2, 0.25) is 5.91 Å². The first-order chi connectivity index (χ1) is 18.5. The monoisotopic (exact) mass is 529 g/mol. The maximum atomic E-state index is 13.7. The highest BCUT2D eigenvalue weighted by Gasteiger charge is 2.45. The van der Waals surface area contributed by atoms with E-state index in [2.05, 4.69) is 25.2 Å². The van der Waals surface area contributed by atoms with E-state index in [-0.39, 0.29) is 17.9 Å². The van der Waals surface area contributed by atoms with Crippen LogP contribution in [0.25, 0.3) is 11.0 Å². The van der Waals surface area contributed by atoms with E-state index < -0.39 is 0 Å². The molecule has 2 aromatic carbocycles. The van der Waals surface area contributed by atoms with Crippen molar-refractivity contribution in [1.29, 1.82) is 0 Å². The maximum absolute atomic E-state index is 13.7. The van der Waals surface area contributed by atoms with E-state index in [1.165, 1.54) is 13.3 Å². The van der Waals surface area contributed by atoms with Crippen LogP contribution in [-0.4, -0.2) is 69.9 Å². The lowest BCUT2D eigenvalue weighted by atomic mass is 10.1. The molecule has 10 heteroatoms. The number of fused-ring (bicyclic) bond motifs is 3. The molecule has 2 unspecified atom stereocenters. The number of carbonyl (C=O) groups excluding carboxylic acids is 2. The molecule has 0 saturated carbocycles. The van der Waals surface area contributed by atoms with Crippen molar-refractivity contribution in [3.05, 3.63) is 77.7 Å². The Morgan fingerprint density at radius 1 is 1.11 bits per heavy atom. The first-order valence-corrected chi connectivity index (χ1v) is 13.1. The number of piperazine rings is 1. The Morgan fingerprint density at radius 3 is 2.71 bits per heavy atom. The number of rotatable bonds is 7. The second kappa shape index (κ2) is 9.98. The fourth-order valence-electron chi connectivity index (χ4n) is 5.61. The minimum atomic E-state index is -0.0971. The fraction of sp³-hybridized carbons (Fsp3) is 0.286. The Bertz CT molecular complexity index is 1490. The van der Waals surface area contributed by atoms with Crippen LogP contribution in [0.15, 0.2) is 67.1 Å². The second-order valence-electron chi connectivity index (χ2n) is 9.75. The summed E-state index contributed by atoms with van der Waals surface area (Å²) in [5.41, 5.74) is 3.34. The Kier molecular flexibility index (Phi) is 6.37. The SMILES string of the molecule is CC(=O)NCCN(c1cccc(C(=O)N2CC3CC2CN3c2ccc(Cl)cc2)c1)c1ncnc2[nH]ccc12. The summed E-state index contributed by atoms with van der Waals surface area (Å²) in [5, 5.41) is 4.45. The van der Waals surface area contributed by atoms with Gasteiger partial charge in [0.25, 0.3) is 5.91 Å². The highest BCUT2D eigenvalue weighted by atomic mass is 35.5. The second-order valence-corrected chi connectivity index (χ2v) is 10.2. The quantitative estimate of drug-likeness (QED) is 0.376. The molecule has 4 aromatic rings. The third kappa shape index (κ3) is 4.54. The summed E-state index contributed by atoms with van der Waals surface area (Å²) in [7, 11) is 0. The van der Waals surface area contributed by atoms with Crippen LogP contribution in [0.1, 0.15) is 23.7 Å². The van der Waals surface area contributed by atoms with Crippen LogP contribution in [0.3, 0.4) is 0 Å². The molecule has 0 spiro atoms. The van der Waals surface area contributed by atoms with Crippen molar-refractivity contribution < 1.29 is 9.59 Å². The zero-order chi connectivity index (χ0) is 26.2. The van der Waals surface area contributed by atoms with Crippen LogP contribution < -0.4 is 15.1 Å². The molecule has 9 nitrogen and oxygen atoms in total. The smallest absolute Gasteiger partial charge is 0.254 e. The molecule has 194 valence electrons. The number of nitrogens with zero attached hydrogens (tertiary/aromatic N) is 5. The molecule has 2 aromatic heterocycles. The zero-order valence-corrected chi connectivity index (χ0v) is 21.7. The molecule has 38 heavy (non-hydrogen) atoms. The maximum Gasteiger partial charge on any atom is 0.254 e. The Labute approximate surface area is 225 Å². The molecular weight excluding hydrogens is 502 g/mol. The van der Waals surface area contributed by atoms with Crippen LogP contribution in [0.4, 0.5) is 17.2 Å². The molecule has 2 aliphatic heterocycles. The van der Waals surface area contributed by atoms with Crippen LogP contribution >= 0.6 is 11.6 Å². The molecule has 4 heterocycles. The number of aromatic amines is 1. The number of halogens is 1. The van der Waals surface area contributed by atoms with Crippen molar-refractivity contribution in [2.24, 2.45) is 0 Å². The van der Waals surface area contributed by atoms with Crippen molar-refractivity contribution in [2.75, 3.05) is 36.0 Å². The molecule has 0 radical (unpaired) electrons. The van der Waals surface area contributed by atoms with Gasteiger partial charge in [-0.15, -0.1) is 0 Å². The minimum Gasteiger partial charge on any atom is -0.365 e. The molecule has 2 bridgehead atoms. The van der Waals surface area contributed by atoms with E-state index in [0.717, 1.165) is 40.4 Å². The lowest BCUT2D eigenvalue weighted by molar-refractivity contribution is -0.118. The van der Waals surface area contributed by atoms with Gasteiger partial charge in [-0.05, 0) is 55.0 Å². The molecule has 2 amide bonds. The van der Waals surface area contributed by atoms with Crippen molar-refractivity contribution >= 4 is 51.6 Å². The molecule has 2 atom stereocenters. The molecule has 2 aliphatic rings. The van der Waals surface area contributed by atoms with Gasteiger partial charge in [-0.2, -0.15) is 0 Å². The number of amides is 2. The number of likely N-dealkylation sites (tertiary alicyclic amines) is 1. The number of benzene rings is 2. The van der Waals surface area contributed by atoms with E-state index in [4.69, 9.17) is 11.6 Å². The fourth-order valence-corrected chi connectivity index (χ4v) is 5.74. The normalized spacial score (nSPS) is 18.3. The number of carbonyl (C=O) groups is 2. The van der Waals surface area contributed by atoms with Gasteiger partial charge < -0.3 is 25.0 Å². The van der Waals surface area contributed by atoms with E-state index >= 15 is 0 Å². The lowest BCUT2D eigenvalue weighted by Gasteiger charge is -2.36. The van der Waals surface area contributed by atoms with Gasteiger partial charge in [0.1, 0.15) is 17.8 Å². The van der Waals surface area contributed by atoms with Crippen molar-refractivity contribution in [3.63, 3.8) is 0 Å². The zero-order valence-electron chi connectivity index (χ0n) is 21.0. The van der Waals surface area contributed by atoms with Gasteiger partial charge in [-0.3, -0.25) is 9.59 Å². The van der Waals surface area contributed by atoms with E-state index in [1.54, 1.807) is 0 Å². The molecule has 2 N–H and O–H groups in total.